The Morgan fingerprint density at radius 2 is 1.36 bits per heavy atom. The van der Waals surface area contributed by atoms with Crippen LogP contribution in [0.5, 0.6) is 17.2 Å². The third-order valence-corrected chi connectivity index (χ3v) is 5.72. The second-order valence-electron chi connectivity index (χ2n) is 8.47. The van der Waals surface area contributed by atoms with E-state index in [1.54, 1.807) is 72.8 Å². The van der Waals surface area contributed by atoms with Gasteiger partial charge in [-0.25, -0.2) is 10.2 Å². The van der Waals surface area contributed by atoms with Gasteiger partial charge in [0.25, 0.3) is 5.91 Å². The summed E-state index contributed by atoms with van der Waals surface area (Å²) < 4.78 is 16.7. The fraction of sp³-hybridized carbons (Fsp3) is 0.129. The zero-order valence-electron chi connectivity index (χ0n) is 21.3. The second kappa shape index (κ2) is 13.8. The van der Waals surface area contributed by atoms with Crippen LogP contribution in [0.15, 0.2) is 102 Å². The standard InChI is InChI=1S/C31H27ClN2O5/c1-2-19-37-27-17-9-25(10-18-27)31(36)39-29-13-5-22(6-14-29)20-33-34-30(35)24-7-15-28(16-8-24)38-21-23-3-11-26(32)12-4-23/h3-18,20H,2,19,21H2,1H3,(H,34,35)/b33-20-. The summed E-state index contributed by atoms with van der Waals surface area (Å²) in [7, 11) is 0. The van der Waals surface area contributed by atoms with Crippen molar-refractivity contribution < 1.29 is 23.8 Å². The van der Waals surface area contributed by atoms with Crippen LogP contribution in [0.25, 0.3) is 0 Å². The van der Waals surface area contributed by atoms with Crippen LogP contribution in [0.1, 0.15) is 45.2 Å². The lowest BCUT2D eigenvalue weighted by molar-refractivity contribution is 0.0734. The Bertz CT molecular complexity index is 1400. The van der Waals surface area contributed by atoms with Gasteiger partial charge in [-0.05, 0) is 102 Å². The fourth-order valence-corrected chi connectivity index (χ4v) is 3.50. The number of amides is 1. The molecule has 4 aromatic rings. The molecule has 39 heavy (non-hydrogen) atoms. The summed E-state index contributed by atoms with van der Waals surface area (Å²) in [5.41, 5.74) is 5.08. The van der Waals surface area contributed by atoms with Gasteiger partial charge in [0.2, 0.25) is 0 Å². The maximum Gasteiger partial charge on any atom is 0.343 e. The minimum Gasteiger partial charge on any atom is -0.494 e. The van der Waals surface area contributed by atoms with Crippen LogP contribution in [-0.4, -0.2) is 24.7 Å². The molecule has 8 heteroatoms. The van der Waals surface area contributed by atoms with E-state index in [1.807, 2.05) is 31.2 Å². The van der Waals surface area contributed by atoms with Crippen molar-refractivity contribution in [2.75, 3.05) is 6.61 Å². The van der Waals surface area contributed by atoms with E-state index in [-0.39, 0.29) is 5.91 Å². The van der Waals surface area contributed by atoms with Crippen LogP contribution in [-0.2, 0) is 6.61 Å². The monoisotopic (exact) mass is 542 g/mol. The minimum atomic E-state index is -0.466. The van der Waals surface area contributed by atoms with Gasteiger partial charge in [0.1, 0.15) is 23.9 Å². The molecular weight excluding hydrogens is 516 g/mol. The van der Waals surface area contributed by atoms with E-state index >= 15 is 0 Å². The molecule has 0 bridgehead atoms. The Hall–Kier alpha value is -4.62. The van der Waals surface area contributed by atoms with Gasteiger partial charge in [-0.15, -0.1) is 0 Å². The highest BCUT2D eigenvalue weighted by molar-refractivity contribution is 6.30. The normalized spacial score (nSPS) is 10.7. The van der Waals surface area contributed by atoms with Crippen LogP contribution in [0.3, 0.4) is 0 Å². The average molecular weight is 543 g/mol. The summed E-state index contributed by atoms with van der Waals surface area (Å²) in [5.74, 6) is 0.925. The molecule has 0 fully saturated rings. The summed E-state index contributed by atoms with van der Waals surface area (Å²) >= 11 is 5.89. The lowest BCUT2D eigenvalue weighted by Crippen LogP contribution is -2.17. The van der Waals surface area contributed by atoms with Gasteiger partial charge in [0.15, 0.2) is 0 Å². The van der Waals surface area contributed by atoms with Crippen LogP contribution in [0, 0.1) is 0 Å². The Balaban J connectivity index is 1.23. The molecule has 4 aromatic carbocycles. The lowest BCUT2D eigenvalue weighted by atomic mass is 10.2. The van der Waals surface area contributed by atoms with Crippen molar-refractivity contribution in [3.8, 4) is 17.2 Å². The summed E-state index contributed by atoms with van der Waals surface area (Å²) in [6, 6.07) is 27.8. The molecule has 7 nitrogen and oxygen atoms in total. The Labute approximate surface area is 232 Å². The first-order valence-electron chi connectivity index (χ1n) is 12.4. The predicted molar refractivity (Wildman–Crippen MR) is 151 cm³/mol. The number of esters is 1. The molecular formula is C31H27ClN2O5. The number of nitrogens with one attached hydrogen (secondary N) is 1. The quantitative estimate of drug-likeness (QED) is 0.0987. The smallest absolute Gasteiger partial charge is 0.343 e. The number of rotatable bonds is 11. The number of carbonyl (C=O) groups is 2. The topological polar surface area (TPSA) is 86.2 Å². The highest BCUT2D eigenvalue weighted by Crippen LogP contribution is 2.18. The van der Waals surface area contributed by atoms with Crippen molar-refractivity contribution in [2.45, 2.75) is 20.0 Å². The van der Waals surface area contributed by atoms with E-state index in [1.165, 1.54) is 6.21 Å². The summed E-state index contributed by atoms with van der Waals surface area (Å²) in [6.45, 7) is 3.05. The van der Waals surface area contributed by atoms with Crippen LogP contribution >= 0.6 is 11.6 Å². The minimum absolute atomic E-state index is 0.354. The molecule has 0 aliphatic carbocycles. The Morgan fingerprint density at radius 1 is 0.769 bits per heavy atom. The van der Waals surface area contributed by atoms with Crippen molar-refractivity contribution in [3.63, 3.8) is 0 Å². The molecule has 1 N–H and O–H groups in total. The SMILES string of the molecule is CCCOc1ccc(C(=O)Oc2ccc(/C=N\NC(=O)c3ccc(OCc4ccc(Cl)cc4)cc3)cc2)cc1. The zero-order chi connectivity index (χ0) is 27.5. The molecule has 0 radical (unpaired) electrons. The summed E-state index contributed by atoms with van der Waals surface area (Å²) in [5, 5.41) is 4.68. The van der Waals surface area contributed by atoms with Crippen molar-refractivity contribution in [1.29, 1.82) is 0 Å². The number of carbonyl (C=O) groups excluding carboxylic acids is 2. The van der Waals surface area contributed by atoms with Gasteiger partial charge in [-0.2, -0.15) is 5.10 Å². The molecule has 0 spiro atoms. The number of halogens is 1. The maximum atomic E-state index is 12.4. The first-order chi connectivity index (χ1) is 19.0. The number of nitrogens with zero attached hydrogens (tertiary/aromatic N) is 1. The van der Waals surface area contributed by atoms with E-state index in [9.17, 15) is 9.59 Å². The predicted octanol–water partition coefficient (Wildman–Crippen LogP) is 6.69. The molecule has 0 heterocycles. The summed E-state index contributed by atoms with van der Waals surface area (Å²) in [6.07, 6.45) is 2.41. The number of hydrazone groups is 1. The maximum absolute atomic E-state index is 12.4. The van der Waals surface area contributed by atoms with Crippen molar-refractivity contribution >= 4 is 29.7 Å². The second-order valence-corrected chi connectivity index (χ2v) is 8.91. The number of ether oxygens (including phenoxy) is 3. The number of hydrogen-bond acceptors (Lipinski definition) is 6. The van der Waals surface area contributed by atoms with Gasteiger partial charge in [-0.3, -0.25) is 4.79 Å². The van der Waals surface area contributed by atoms with E-state index < -0.39 is 5.97 Å². The molecule has 0 saturated heterocycles. The average Bonchev–Trinajstić information content (AvgIpc) is 2.97. The van der Waals surface area contributed by atoms with Crippen LogP contribution in [0.4, 0.5) is 0 Å². The number of benzene rings is 4. The van der Waals surface area contributed by atoms with Crippen LogP contribution < -0.4 is 19.6 Å². The van der Waals surface area contributed by atoms with Gasteiger partial charge in [0.05, 0.1) is 18.4 Å². The summed E-state index contributed by atoms with van der Waals surface area (Å²) in [4.78, 5) is 24.8. The van der Waals surface area contributed by atoms with Crippen molar-refractivity contribution in [1.82, 2.24) is 5.43 Å². The molecule has 4 rings (SSSR count). The van der Waals surface area contributed by atoms with Crippen molar-refractivity contribution in [2.24, 2.45) is 5.10 Å². The Morgan fingerprint density at radius 3 is 2.00 bits per heavy atom. The third-order valence-electron chi connectivity index (χ3n) is 5.47. The number of hydrogen-bond donors (Lipinski definition) is 1. The van der Waals surface area contributed by atoms with Gasteiger partial charge >= 0.3 is 5.97 Å². The molecule has 0 unspecified atom stereocenters. The highest BCUT2D eigenvalue weighted by atomic mass is 35.5. The first kappa shape index (κ1) is 27.4. The van der Waals surface area contributed by atoms with Crippen LogP contribution in [0.2, 0.25) is 5.02 Å². The first-order valence-corrected chi connectivity index (χ1v) is 12.7. The van der Waals surface area contributed by atoms with Gasteiger partial charge in [-0.1, -0.05) is 30.7 Å². The largest absolute Gasteiger partial charge is 0.494 e. The fourth-order valence-electron chi connectivity index (χ4n) is 3.37. The zero-order valence-corrected chi connectivity index (χ0v) is 22.1. The molecule has 0 aliphatic heterocycles. The molecule has 1 amide bonds. The van der Waals surface area contributed by atoms with E-state index in [0.29, 0.717) is 46.6 Å². The van der Waals surface area contributed by atoms with Gasteiger partial charge in [0, 0.05) is 10.6 Å². The highest BCUT2D eigenvalue weighted by Gasteiger charge is 2.09. The molecule has 0 aliphatic rings. The third kappa shape index (κ3) is 8.45. The Kier molecular flexibility index (Phi) is 9.69. The molecule has 0 aromatic heterocycles. The van der Waals surface area contributed by atoms with E-state index in [4.69, 9.17) is 25.8 Å². The molecule has 198 valence electrons. The molecule has 0 saturated carbocycles. The van der Waals surface area contributed by atoms with E-state index in [0.717, 1.165) is 17.5 Å². The molecule has 0 atom stereocenters. The van der Waals surface area contributed by atoms with Crippen molar-refractivity contribution in [3.05, 3.63) is 124 Å². The lowest BCUT2D eigenvalue weighted by Gasteiger charge is -2.07. The van der Waals surface area contributed by atoms with E-state index in [2.05, 4.69) is 10.5 Å². The van der Waals surface area contributed by atoms with Gasteiger partial charge < -0.3 is 14.2 Å².